The third-order valence-electron chi connectivity index (χ3n) is 5.53. The first kappa shape index (κ1) is 16.1. The molecule has 0 radical (unpaired) electrons. The Hall–Kier alpha value is -2.44. The molecule has 3 unspecified atom stereocenters. The summed E-state index contributed by atoms with van der Waals surface area (Å²) in [4.78, 5) is 12.2. The number of rotatable bonds is 3. The molecule has 2 aliphatic carbocycles. The number of carbonyl (C=O) groups excluding carboxylic acids is 1. The standard InChI is InChI=1S/C18H24N6O/c1-24-11-14(10-19-24)16-7-8-17(23-22-16)21-18(25)20-15-6-5-12-3-2-4-13(12)9-15/h7-8,10-13,15H,2-6,9H2,1H3,(H2,20,21,23,25). The van der Waals surface area contributed by atoms with Gasteiger partial charge >= 0.3 is 6.03 Å². The summed E-state index contributed by atoms with van der Waals surface area (Å²) in [6.45, 7) is 0. The van der Waals surface area contributed by atoms with Crippen molar-refractivity contribution in [2.75, 3.05) is 5.32 Å². The lowest BCUT2D eigenvalue weighted by Crippen LogP contribution is -2.42. The van der Waals surface area contributed by atoms with E-state index in [0.717, 1.165) is 35.9 Å². The second-order valence-corrected chi connectivity index (χ2v) is 7.27. The lowest BCUT2D eigenvalue weighted by Gasteiger charge is -2.32. The molecule has 3 atom stereocenters. The summed E-state index contributed by atoms with van der Waals surface area (Å²) in [5.41, 5.74) is 1.64. The smallest absolute Gasteiger partial charge is 0.320 e. The van der Waals surface area contributed by atoms with E-state index in [4.69, 9.17) is 0 Å². The van der Waals surface area contributed by atoms with Crippen molar-refractivity contribution in [1.82, 2.24) is 25.3 Å². The zero-order valence-electron chi connectivity index (χ0n) is 14.5. The Bertz CT molecular complexity index is 740. The van der Waals surface area contributed by atoms with Crippen LogP contribution in [0.1, 0.15) is 38.5 Å². The van der Waals surface area contributed by atoms with E-state index in [1.165, 1.54) is 25.7 Å². The van der Waals surface area contributed by atoms with E-state index in [0.29, 0.717) is 5.82 Å². The van der Waals surface area contributed by atoms with Gasteiger partial charge in [-0.05, 0) is 43.2 Å². The number of aromatic nitrogens is 4. The molecule has 2 aromatic heterocycles. The molecule has 132 valence electrons. The Morgan fingerprint density at radius 1 is 1.16 bits per heavy atom. The Kier molecular flexibility index (Phi) is 4.38. The minimum Gasteiger partial charge on any atom is -0.335 e. The number of amides is 2. The summed E-state index contributed by atoms with van der Waals surface area (Å²) in [6, 6.07) is 3.69. The molecule has 2 heterocycles. The lowest BCUT2D eigenvalue weighted by atomic mass is 9.79. The number of urea groups is 1. The molecular formula is C18H24N6O. The number of hydrogen-bond donors (Lipinski definition) is 2. The third-order valence-corrected chi connectivity index (χ3v) is 5.53. The Balaban J connectivity index is 1.31. The molecule has 7 heteroatoms. The predicted molar refractivity (Wildman–Crippen MR) is 94.9 cm³/mol. The molecule has 2 amide bonds. The van der Waals surface area contributed by atoms with Gasteiger partial charge in [-0.2, -0.15) is 5.10 Å². The van der Waals surface area contributed by atoms with Crippen LogP contribution >= 0.6 is 0 Å². The second-order valence-electron chi connectivity index (χ2n) is 7.27. The highest BCUT2D eigenvalue weighted by Crippen LogP contribution is 2.42. The molecule has 25 heavy (non-hydrogen) atoms. The van der Waals surface area contributed by atoms with Crippen LogP contribution in [0.3, 0.4) is 0 Å². The van der Waals surface area contributed by atoms with Gasteiger partial charge in [0.05, 0.1) is 11.9 Å². The predicted octanol–water partition coefficient (Wildman–Crippen LogP) is 2.97. The molecule has 4 rings (SSSR count). The Morgan fingerprint density at radius 3 is 2.80 bits per heavy atom. The van der Waals surface area contributed by atoms with E-state index in [1.807, 2.05) is 19.3 Å². The van der Waals surface area contributed by atoms with Crippen molar-refractivity contribution in [3.05, 3.63) is 24.5 Å². The van der Waals surface area contributed by atoms with Crippen LogP contribution in [0.5, 0.6) is 0 Å². The summed E-state index contributed by atoms with van der Waals surface area (Å²) in [7, 11) is 1.86. The van der Waals surface area contributed by atoms with E-state index in [9.17, 15) is 4.79 Å². The molecule has 2 saturated carbocycles. The van der Waals surface area contributed by atoms with Gasteiger partial charge in [0, 0.05) is 24.8 Å². The fourth-order valence-electron chi connectivity index (χ4n) is 4.28. The fraction of sp³-hybridized carbons (Fsp3) is 0.556. The van der Waals surface area contributed by atoms with Crippen molar-refractivity contribution < 1.29 is 4.79 Å². The van der Waals surface area contributed by atoms with Crippen LogP contribution in [0.15, 0.2) is 24.5 Å². The maximum absolute atomic E-state index is 12.2. The largest absolute Gasteiger partial charge is 0.335 e. The quantitative estimate of drug-likeness (QED) is 0.899. The lowest BCUT2D eigenvalue weighted by molar-refractivity contribution is 0.215. The van der Waals surface area contributed by atoms with Gasteiger partial charge < -0.3 is 5.32 Å². The molecule has 2 fully saturated rings. The van der Waals surface area contributed by atoms with Crippen molar-refractivity contribution in [2.24, 2.45) is 18.9 Å². The molecule has 0 aromatic carbocycles. The summed E-state index contributed by atoms with van der Waals surface area (Å²) in [6.07, 6.45) is 11.1. The topological polar surface area (TPSA) is 84.7 Å². The van der Waals surface area contributed by atoms with Crippen molar-refractivity contribution in [2.45, 2.75) is 44.6 Å². The van der Waals surface area contributed by atoms with Gasteiger partial charge in [-0.15, -0.1) is 10.2 Å². The average Bonchev–Trinajstić information content (AvgIpc) is 3.24. The molecule has 2 aromatic rings. The zero-order chi connectivity index (χ0) is 17.2. The molecule has 0 bridgehead atoms. The van der Waals surface area contributed by atoms with Crippen LogP contribution in [0.4, 0.5) is 10.6 Å². The SMILES string of the molecule is Cn1cc(-c2ccc(NC(=O)NC3CCC4CCCC4C3)nn2)cn1. The van der Waals surface area contributed by atoms with Crippen LogP contribution in [0.2, 0.25) is 0 Å². The number of aryl methyl sites for hydroxylation is 1. The van der Waals surface area contributed by atoms with Crippen LogP contribution < -0.4 is 10.6 Å². The van der Waals surface area contributed by atoms with Gasteiger partial charge in [0.25, 0.3) is 0 Å². The molecular weight excluding hydrogens is 316 g/mol. The molecule has 2 aliphatic rings. The van der Waals surface area contributed by atoms with Gasteiger partial charge in [0.1, 0.15) is 0 Å². The average molecular weight is 340 g/mol. The first-order valence-electron chi connectivity index (χ1n) is 9.07. The van der Waals surface area contributed by atoms with Gasteiger partial charge in [-0.3, -0.25) is 10.00 Å². The van der Waals surface area contributed by atoms with Crippen molar-refractivity contribution >= 4 is 11.8 Å². The van der Waals surface area contributed by atoms with E-state index >= 15 is 0 Å². The van der Waals surface area contributed by atoms with Crippen LogP contribution in [0.25, 0.3) is 11.3 Å². The number of nitrogens with zero attached hydrogens (tertiary/aromatic N) is 4. The first-order chi connectivity index (χ1) is 12.2. The van der Waals surface area contributed by atoms with E-state index < -0.39 is 0 Å². The van der Waals surface area contributed by atoms with Crippen molar-refractivity contribution in [1.29, 1.82) is 0 Å². The van der Waals surface area contributed by atoms with E-state index in [-0.39, 0.29) is 12.1 Å². The highest BCUT2D eigenvalue weighted by atomic mass is 16.2. The molecule has 0 saturated heterocycles. The maximum atomic E-state index is 12.2. The molecule has 2 N–H and O–H groups in total. The van der Waals surface area contributed by atoms with Crippen LogP contribution in [-0.4, -0.2) is 32.1 Å². The number of anilines is 1. The van der Waals surface area contributed by atoms with Gasteiger partial charge in [0.15, 0.2) is 5.82 Å². The van der Waals surface area contributed by atoms with Crippen LogP contribution in [-0.2, 0) is 7.05 Å². The minimum atomic E-state index is -0.190. The Labute approximate surface area is 147 Å². The second kappa shape index (κ2) is 6.82. The summed E-state index contributed by atoms with van der Waals surface area (Å²) < 4.78 is 1.72. The number of hydrogen-bond acceptors (Lipinski definition) is 4. The monoisotopic (exact) mass is 340 g/mol. The molecule has 0 spiro atoms. The van der Waals surface area contributed by atoms with Crippen molar-refractivity contribution in [3.63, 3.8) is 0 Å². The summed E-state index contributed by atoms with van der Waals surface area (Å²) >= 11 is 0. The highest BCUT2D eigenvalue weighted by Gasteiger charge is 2.34. The third kappa shape index (κ3) is 3.65. The number of nitrogens with one attached hydrogen (secondary N) is 2. The maximum Gasteiger partial charge on any atom is 0.320 e. The number of carbonyl (C=O) groups is 1. The minimum absolute atomic E-state index is 0.190. The van der Waals surface area contributed by atoms with Gasteiger partial charge in [-0.1, -0.05) is 19.3 Å². The van der Waals surface area contributed by atoms with E-state index in [1.54, 1.807) is 16.9 Å². The zero-order valence-corrected chi connectivity index (χ0v) is 14.5. The molecule has 0 aliphatic heterocycles. The van der Waals surface area contributed by atoms with Crippen molar-refractivity contribution in [3.8, 4) is 11.3 Å². The normalized spacial score (nSPS) is 25.4. The number of fused-ring (bicyclic) bond motifs is 1. The van der Waals surface area contributed by atoms with E-state index in [2.05, 4.69) is 25.9 Å². The first-order valence-corrected chi connectivity index (χ1v) is 9.07. The van der Waals surface area contributed by atoms with Gasteiger partial charge in [-0.25, -0.2) is 4.79 Å². The van der Waals surface area contributed by atoms with Crippen LogP contribution in [0, 0.1) is 11.8 Å². The summed E-state index contributed by atoms with van der Waals surface area (Å²) in [5, 5.41) is 18.3. The van der Waals surface area contributed by atoms with Gasteiger partial charge in [0.2, 0.25) is 0 Å². The summed E-state index contributed by atoms with van der Waals surface area (Å²) in [5.74, 6) is 2.16. The highest BCUT2D eigenvalue weighted by molar-refractivity contribution is 5.88. The molecule has 7 nitrogen and oxygen atoms in total. The Morgan fingerprint density at radius 2 is 2.04 bits per heavy atom. The fourth-order valence-corrected chi connectivity index (χ4v) is 4.28.